The largest absolute Gasteiger partial charge is 0.464 e. The van der Waals surface area contributed by atoms with Crippen LogP contribution in [0.4, 0.5) is 0 Å². The molecule has 0 amide bonds. The van der Waals surface area contributed by atoms with Crippen molar-refractivity contribution in [2.75, 3.05) is 0 Å². The van der Waals surface area contributed by atoms with Crippen LogP contribution >= 0.6 is 15.8 Å². The van der Waals surface area contributed by atoms with Crippen LogP contribution in [0.15, 0.2) is 69.9 Å². The maximum Gasteiger partial charge on any atom is 0.137 e. The van der Waals surface area contributed by atoms with Gasteiger partial charge in [0.25, 0.3) is 0 Å². The SMILES string of the molecule is C[C@H](C1CCCC1c1ccccc1P(c1ccco1)c1ccco1)P(C(C)(C)C)C(C)(C)C. The number of benzene rings is 1. The van der Waals surface area contributed by atoms with Crippen molar-refractivity contribution in [1.29, 1.82) is 0 Å². The first-order valence-corrected chi connectivity index (χ1v) is 15.1. The third kappa shape index (κ3) is 5.18. The average molecular weight is 483 g/mol. The fraction of sp³-hybridized carbons (Fsp3) is 0.517. The van der Waals surface area contributed by atoms with Crippen molar-refractivity contribution in [1.82, 2.24) is 0 Å². The molecule has 3 aromatic rings. The summed E-state index contributed by atoms with van der Waals surface area (Å²) in [7, 11) is -0.997. The van der Waals surface area contributed by atoms with E-state index in [4.69, 9.17) is 8.83 Å². The van der Waals surface area contributed by atoms with Gasteiger partial charge in [-0.25, -0.2) is 0 Å². The number of rotatable bonds is 6. The minimum absolute atomic E-state index is 0.161. The quantitative estimate of drug-likeness (QED) is 0.333. The normalized spacial score (nSPS) is 20.6. The van der Waals surface area contributed by atoms with Gasteiger partial charge in [0.05, 0.1) is 20.4 Å². The Balaban J connectivity index is 1.76. The van der Waals surface area contributed by atoms with Gasteiger partial charge in [0.15, 0.2) is 0 Å². The van der Waals surface area contributed by atoms with E-state index in [2.05, 4.69) is 84.9 Å². The molecule has 1 aliphatic carbocycles. The van der Waals surface area contributed by atoms with Crippen LogP contribution in [0.5, 0.6) is 0 Å². The van der Waals surface area contributed by atoms with Crippen LogP contribution in [-0.2, 0) is 0 Å². The van der Waals surface area contributed by atoms with E-state index in [1.165, 1.54) is 30.1 Å². The fourth-order valence-corrected chi connectivity index (χ4v) is 13.9. The molecule has 33 heavy (non-hydrogen) atoms. The maximum absolute atomic E-state index is 5.97. The Hall–Kier alpha value is -1.36. The van der Waals surface area contributed by atoms with Crippen LogP contribution in [-0.4, -0.2) is 16.0 Å². The Morgan fingerprint density at radius 1 is 0.788 bits per heavy atom. The number of hydrogen-bond acceptors (Lipinski definition) is 2. The van der Waals surface area contributed by atoms with E-state index in [9.17, 15) is 0 Å². The fourth-order valence-electron chi connectivity index (χ4n) is 6.52. The van der Waals surface area contributed by atoms with Gasteiger partial charge in [-0.05, 0) is 75.8 Å². The second-order valence-electron chi connectivity index (χ2n) is 11.5. The molecule has 178 valence electrons. The van der Waals surface area contributed by atoms with E-state index >= 15 is 0 Å². The van der Waals surface area contributed by atoms with E-state index in [1.54, 1.807) is 12.5 Å². The van der Waals surface area contributed by atoms with E-state index in [0.29, 0.717) is 16.2 Å². The van der Waals surface area contributed by atoms with Crippen LogP contribution in [0, 0.1) is 5.92 Å². The molecule has 2 nitrogen and oxygen atoms in total. The molecule has 2 heterocycles. The molecule has 0 aliphatic heterocycles. The summed E-state index contributed by atoms with van der Waals surface area (Å²) < 4.78 is 11.9. The number of furan rings is 2. The molecule has 1 saturated carbocycles. The molecule has 3 atom stereocenters. The lowest BCUT2D eigenvalue weighted by Crippen LogP contribution is -2.35. The zero-order chi connectivity index (χ0) is 23.8. The first kappa shape index (κ1) is 24.8. The van der Waals surface area contributed by atoms with Crippen molar-refractivity contribution in [2.24, 2.45) is 5.92 Å². The van der Waals surface area contributed by atoms with E-state index in [0.717, 1.165) is 22.6 Å². The van der Waals surface area contributed by atoms with Crippen molar-refractivity contribution >= 4 is 32.2 Å². The highest BCUT2D eigenvalue weighted by Gasteiger charge is 2.45. The highest BCUT2D eigenvalue weighted by Crippen LogP contribution is 2.66. The van der Waals surface area contributed by atoms with Crippen molar-refractivity contribution in [3.05, 3.63) is 66.6 Å². The molecule has 1 aromatic carbocycles. The summed E-state index contributed by atoms with van der Waals surface area (Å²) in [5, 5.41) is 2.08. The predicted octanol–water partition coefficient (Wildman–Crippen LogP) is 7.98. The van der Waals surface area contributed by atoms with Gasteiger partial charge in [-0.3, -0.25) is 0 Å². The molecule has 1 fully saturated rings. The van der Waals surface area contributed by atoms with Crippen molar-refractivity contribution < 1.29 is 8.83 Å². The number of hydrogen-bond donors (Lipinski definition) is 0. The van der Waals surface area contributed by atoms with Crippen LogP contribution in [0.1, 0.15) is 79.2 Å². The average Bonchev–Trinajstić information content (AvgIpc) is 3.49. The van der Waals surface area contributed by atoms with Crippen LogP contribution in [0.25, 0.3) is 0 Å². The Morgan fingerprint density at radius 2 is 1.36 bits per heavy atom. The van der Waals surface area contributed by atoms with Gasteiger partial charge >= 0.3 is 0 Å². The zero-order valence-electron chi connectivity index (χ0n) is 21.3. The third-order valence-corrected chi connectivity index (χ3v) is 13.4. The molecule has 0 N–H and O–H groups in total. The monoisotopic (exact) mass is 482 g/mol. The standard InChI is InChI=1S/C29H40O2P2/c1-21(33(28(2,3)4)29(5,6)7)22-14-10-15-23(22)24-13-8-9-16-25(24)32(26-17-11-19-30-26)27-18-12-20-31-27/h8-9,11-13,16-23H,10,14-15H2,1-7H3/t21-,22?,23?/m1/s1. The lowest BCUT2D eigenvalue weighted by Gasteiger charge is -2.48. The molecule has 0 spiro atoms. The van der Waals surface area contributed by atoms with Gasteiger partial charge < -0.3 is 8.83 Å². The van der Waals surface area contributed by atoms with Crippen LogP contribution in [0.3, 0.4) is 0 Å². The molecular weight excluding hydrogens is 442 g/mol. The molecule has 4 heteroatoms. The minimum atomic E-state index is -0.836. The molecule has 4 rings (SSSR count). The first-order chi connectivity index (χ1) is 15.6. The van der Waals surface area contributed by atoms with Crippen LogP contribution < -0.4 is 16.3 Å². The second-order valence-corrected chi connectivity index (χ2v) is 17.7. The molecule has 2 unspecified atom stereocenters. The van der Waals surface area contributed by atoms with Crippen molar-refractivity contribution in [2.45, 2.75) is 89.6 Å². The summed E-state index contributed by atoms with van der Waals surface area (Å²) in [6, 6.07) is 17.3. The maximum atomic E-state index is 5.97. The lowest BCUT2D eigenvalue weighted by atomic mass is 9.87. The molecule has 0 saturated heterocycles. The van der Waals surface area contributed by atoms with Gasteiger partial charge in [0, 0.05) is 0 Å². The van der Waals surface area contributed by atoms with Gasteiger partial charge in [-0.15, -0.1) is 0 Å². The van der Waals surface area contributed by atoms with Gasteiger partial charge in [-0.1, -0.05) is 87.1 Å². The zero-order valence-corrected chi connectivity index (χ0v) is 23.1. The highest BCUT2D eigenvalue weighted by atomic mass is 31.1. The molecular formula is C29H40O2P2. The Kier molecular flexibility index (Phi) is 7.29. The van der Waals surface area contributed by atoms with E-state index in [-0.39, 0.29) is 7.92 Å². The Labute approximate surface area is 203 Å². The van der Waals surface area contributed by atoms with E-state index in [1.807, 2.05) is 12.1 Å². The molecule has 1 aliphatic rings. The van der Waals surface area contributed by atoms with Gasteiger partial charge in [-0.2, -0.15) is 0 Å². The summed E-state index contributed by atoms with van der Waals surface area (Å²) in [5.41, 5.74) is 4.27. The van der Waals surface area contributed by atoms with Gasteiger partial charge in [0.1, 0.15) is 11.0 Å². The Bertz CT molecular complexity index is 961. The van der Waals surface area contributed by atoms with Gasteiger partial charge in [0.2, 0.25) is 0 Å². The summed E-state index contributed by atoms with van der Waals surface area (Å²) in [4.78, 5) is 0. The summed E-state index contributed by atoms with van der Waals surface area (Å²) in [6.07, 6.45) is 7.52. The van der Waals surface area contributed by atoms with Crippen LogP contribution in [0.2, 0.25) is 0 Å². The van der Waals surface area contributed by atoms with Crippen molar-refractivity contribution in [3.63, 3.8) is 0 Å². The summed E-state index contributed by atoms with van der Waals surface area (Å²) in [6.45, 7) is 17.3. The molecule has 2 aromatic heterocycles. The minimum Gasteiger partial charge on any atom is -0.464 e. The lowest BCUT2D eigenvalue weighted by molar-refractivity contribution is 0.467. The van der Waals surface area contributed by atoms with E-state index < -0.39 is 7.92 Å². The molecule has 0 radical (unpaired) electrons. The summed E-state index contributed by atoms with van der Waals surface area (Å²) >= 11 is 0. The topological polar surface area (TPSA) is 26.3 Å². The second kappa shape index (κ2) is 9.71. The highest BCUT2D eigenvalue weighted by molar-refractivity contribution is 7.79. The third-order valence-electron chi connectivity index (χ3n) is 7.07. The summed E-state index contributed by atoms with van der Waals surface area (Å²) in [5.74, 6) is 1.32. The first-order valence-electron chi connectivity index (χ1n) is 12.3. The smallest absolute Gasteiger partial charge is 0.137 e. The van der Waals surface area contributed by atoms with Crippen molar-refractivity contribution in [3.8, 4) is 0 Å². The molecule has 0 bridgehead atoms. The Morgan fingerprint density at radius 3 is 1.88 bits per heavy atom. The predicted molar refractivity (Wildman–Crippen MR) is 146 cm³/mol.